The number of benzene rings is 1. The van der Waals surface area contributed by atoms with E-state index in [0.29, 0.717) is 29.6 Å². The van der Waals surface area contributed by atoms with Gasteiger partial charge in [-0.2, -0.15) is 4.98 Å². The minimum absolute atomic E-state index is 0.0900. The molecule has 24 heavy (non-hydrogen) atoms. The van der Waals surface area contributed by atoms with E-state index in [4.69, 9.17) is 14.0 Å². The summed E-state index contributed by atoms with van der Waals surface area (Å²) < 4.78 is 17.3. The average molecular weight is 327 g/mol. The molecule has 3 rings (SSSR count). The van der Waals surface area contributed by atoms with Gasteiger partial charge in [-0.25, -0.2) is 0 Å². The van der Waals surface area contributed by atoms with Crippen molar-refractivity contribution in [2.45, 2.75) is 6.42 Å². The highest BCUT2D eigenvalue weighted by Crippen LogP contribution is 2.28. The molecule has 0 amide bonds. The molecule has 3 aromatic rings. The maximum absolute atomic E-state index is 11.4. The summed E-state index contributed by atoms with van der Waals surface area (Å²) in [6.45, 7) is 0. The first-order valence-electron chi connectivity index (χ1n) is 7.31. The Bertz CT molecular complexity index is 914. The maximum Gasteiger partial charge on any atom is 0.250 e. The van der Waals surface area contributed by atoms with Gasteiger partial charge in [-0.05, 0) is 23.8 Å². The highest BCUT2D eigenvalue weighted by atomic mass is 16.5. The molecule has 7 nitrogen and oxygen atoms in total. The molecule has 0 aliphatic heterocycles. The first-order chi connectivity index (χ1) is 11.6. The molecule has 0 radical (unpaired) electrons. The molecule has 0 unspecified atom stereocenters. The minimum atomic E-state index is -0.0900. The van der Waals surface area contributed by atoms with E-state index in [-0.39, 0.29) is 5.56 Å². The van der Waals surface area contributed by atoms with E-state index >= 15 is 0 Å². The lowest BCUT2D eigenvalue weighted by molar-refractivity contribution is 0.354. The number of pyridine rings is 1. The Morgan fingerprint density at radius 3 is 2.62 bits per heavy atom. The Kier molecular flexibility index (Phi) is 4.33. The summed E-state index contributed by atoms with van der Waals surface area (Å²) in [5.41, 5.74) is 1.59. The lowest BCUT2D eigenvalue weighted by atomic mass is 10.1. The first-order valence-corrected chi connectivity index (χ1v) is 7.31. The molecule has 2 aromatic heterocycles. The van der Waals surface area contributed by atoms with Gasteiger partial charge in [-0.15, -0.1) is 0 Å². The molecule has 0 aliphatic carbocycles. The van der Waals surface area contributed by atoms with E-state index in [2.05, 4.69) is 10.1 Å². The van der Waals surface area contributed by atoms with Gasteiger partial charge in [0.2, 0.25) is 17.3 Å². The third kappa shape index (κ3) is 3.15. The van der Waals surface area contributed by atoms with Crippen molar-refractivity contribution in [1.29, 1.82) is 0 Å². The number of hydrogen-bond acceptors (Lipinski definition) is 6. The molecule has 124 valence electrons. The summed E-state index contributed by atoms with van der Waals surface area (Å²) in [6, 6.07) is 8.76. The quantitative estimate of drug-likeness (QED) is 0.713. The molecule has 0 bridgehead atoms. The van der Waals surface area contributed by atoms with E-state index < -0.39 is 0 Å². The van der Waals surface area contributed by atoms with E-state index in [1.807, 2.05) is 18.2 Å². The van der Waals surface area contributed by atoms with Gasteiger partial charge in [-0.3, -0.25) is 4.79 Å². The van der Waals surface area contributed by atoms with Crippen molar-refractivity contribution in [1.82, 2.24) is 14.7 Å². The Balaban J connectivity index is 1.83. The fourth-order valence-electron chi connectivity index (χ4n) is 2.34. The fourth-order valence-corrected chi connectivity index (χ4v) is 2.34. The fraction of sp³-hybridized carbons (Fsp3) is 0.235. The zero-order valence-electron chi connectivity index (χ0n) is 13.6. The van der Waals surface area contributed by atoms with Crippen LogP contribution < -0.4 is 15.0 Å². The van der Waals surface area contributed by atoms with Crippen LogP contribution in [0.2, 0.25) is 0 Å². The number of aryl methyl sites for hydroxylation is 1. The Morgan fingerprint density at radius 2 is 1.92 bits per heavy atom. The van der Waals surface area contributed by atoms with Crippen LogP contribution in [0.25, 0.3) is 11.4 Å². The zero-order chi connectivity index (χ0) is 17.1. The van der Waals surface area contributed by atoms with Crippen molar-refractivity contribution >= 4 is 0 Å². The summed E-state index contributed by atoms with van der Waals surface area (Å²) >= 11 is 0. The molecule has 0 atom stereocenters. The highest BCUT2D eigenvalue weighted by Gasteiger charge is 2.12. The van der Waals surface area contributed by atoms with Gasteiger partial charge in [0.25, 0.3) is 0 Å². The van der Waals surface area contributed by atoms with E-state index in [9.17, 15) is 4.79 Å². The zero-order valence-corrected chi connectivity index (χ0v) is 13.6. The van der Waals surface area contributed by atoms with E-state index in [1.165, 1.54) is 10.6 Å². The lowest BCUT2D eigenvalue weighted by Crippen LogP contribution is -2.14. The molecule has 0 saturated heterocycles. The van der Waals surface area contributed by atoms with Gasteiger partial charge in [0, 0.05) is 24.9 Å². The SMILES string of the molecule is COc1ccc(Cc2nc(-c3ccc(=O)n(C)c3)no2)cc1OC. The summed E-state index contributed by atoms with van der Waals surface area (Å²) in [6.07, 6.45) is 2.15. The predicted molar refractivity (Wildman–Crippen MR) is 87.3 cm³/mol. The number of methoxy groups -OCH3 is 2. The number of rotatable bonds is 5. The number of hydrogen-bond donors (Lipinski definition) is 0. The topological polar surface area (TPSA) is 79.4 Å². The molecular weight excluding hydrogens is 310 g/mol. The average Bonchev–Trinajstić information content (AvgIpc) is 3.05. The molecular formula is C17H17N3O4. The first kappa shape index (κ1) is 15.8. The highest BCUT2D eigenvalue weighted by molar-refractivity contribution is 5.52. The van der Waals surface area contributed by atoms with Crippen LogP contribution in [0.4, 0.5) is 0 Å². The van der Waals surface area contributed by atoms with Gasteiger partial charge in [0.05, 0.1) is 20.6 Å². The van der Waals surface area contributed by atoms with Crippen LogP contribution in [0.15, 0.2) is 45.8 Å². The van der Waals surface area contributed by atoms with Gasteiger partial charge in [-0.1, -0.05) is 11.2 Å². The van der Waals surface area contributed by atoms with Crippen LogP contribution in [0, 0.1) is 0 Å². The summed E-state index contributed by atoms with van der Waals surface area (Å²) in [4.78, 5) is 15.8. The maximum atomic E-state index is 11.4. The van der Waals surface area contributed by atoms with Crippen LogP contribution in [0.3, 0.4) is 0 Å². The molecule has 0 N–H and O–H groups in total. The van der Waals surface area contributed by atoms with Gasteiger partial charge in [0.15, 0.2) is 11.5 Å². The van der Waals surface area contributed by atoms with Crippen molar-refractivity contribution in [3.63, 3.8) is 0 Å². The molecule has 0 saturated carbocycles. The predicted octanol–water partition coefficient (Wildman–Crippen LogP) is 2.04. The number of nitrogens with zero attached hydrogens (tertiary/aromatic N) is 3. The molecule has 7 heteroatoms. The number of aromatic nitrogens is 3. The minimum Gasteiger partial charge on any atom is -0.493 e. The van der Waals surface area contributed by atoms with Gasteiger partial charge < -0.3 is 18.6 Å². The van der Waals surface area contributed by atoms with Gasteiger partial charge >= 0.3 is 0 Å². The van der Waals surface area contributed by atoms with Crippen molar-refractivity contribution in [2.75, 3.05) is 14.2 Å². The second-order valence-corrected chi connectivity index (χ2v) is 5.24. The van der Waals surface area contributed by atoms with Crippen LogP contribution in [0.1, 0.15) is 11.5 Å². The molecule has 0 spiro atoms. The number of ether oxygens (including phenoxy) is 2. The third-order valence-electron chi connectivity index (χ3n) is 3.62. The van der Waals surface area contributed by atoms with Crippen LogP contribution >= 0.6 is 0 Å². The van der Waals surface area contributed by atoms with Gasteiger partial charge in [0.1, 0.15) is 0 Å². The molecule has 2 heterocycles. The lowest BCUT2D eigenvalue weighted by Gasteiger charge is -2.08. The Morgan fingerprint density at radius 1 is 1.12 bits per heavy atom. The summed E-state index contributed by atoms with van der Waals surface area (Å²) in [7, 11) is 4.86. The van der Waals surface area contributed by atoms with Crippen molar-refractivity contribution in [2.24, 2.45) is 7.05 Å². The van der Waals surface area contributed by atoms with Crippen molar-refractivity contribution < 1.29 is 14.0 Å². The second kappa shape index (κ2) is 6.57. The van der Waals surface area contributed by atoms with Crippen LogP contribution in [-0.4, -0.2) is 28.9 Å². The second-order valence-electron chi connectivity index (χ2n) is 5.24. The molecule has 0 aliphatic rings. The normalized spacial score (nSPS) is 10.6. The van der Waals surface area contributed by atoms with Crippen molar-refractivity contribution in [3.8, 4) is 22.9 Å². The monoisotopic (exact) mass is 327 g/mol. The van der Waals surface area contributed by atoms with E-state index in [0.717, 1.165) is 11.1 Å². The summed E-state index contributed by atoms with van der Waals surface area (Å²) in [5, 5.41) is 3.97. The van der Waals surface area contributed by atoms with E-state index in [1.54, 1.807) is 33.5 Å². The van der Waals surface area contributed by atoms with Crippen LogP contribution in [-0.2, 0) is 13.5 Å². The molecule has 0 fully saturated rings. The Labute approximate surface area is 138 Å². The molecule has 1 aromatic carbocycles. The third-order valence-corrected chi connectivity index (χ3v) is 3.62. The summed E-state index contributed by atoms with van der Waals surface area (Å²) in [5.74, 6) is 2.23. The standard InChI is InChI=1S/C17H17N3O4/c1-20-10-12(5-7-16(20)21)17-18-15(24-19-17)9-11-4-6-13(22-2)14(8-11)23-3/h4-8,10H,9H2,1-3H3. The van der Waals surface area contributed by atoms with Crippen LogP contribution in [0.5, 0.6) is 11.5 Å². The largest absolute Gasteiger partial charge is 0.493 e. The Hall–Kier alpha value is -3.09. The smallest absolute Gasteiger partial charge is 0.250 e. The van der Waals surface area contributed by atoms with Crippen molar-refractivity contribution in [3.05, 3.63) is 58.3 Å².